The van der Waals surface area contributed by atoms with E-state index in [0.29, 0.717) is 29.2 Å². The van der Waals surface area contributed by atoms with Gasteiger partial charge >= 0.3 is 0 Å². The largest absolute Gasteiger partial charge is 0.351 e. The molecule has 5 nitrogen and oxygen atoms in total. The molecule has 0 bridgehead atoms. The molecule has 1 saturated heterocycles. The van der Waals surface area contributed by atoms with Crippen molar-refractivity contribution in [3.05, 3.63) is 47.4 Å². The lowest BCUT2D eigenvalue weighted by atomic mass is 9.96. The van der Waals surface area contributed by atoms with Crippen molar-refractivity contribution >= 4 is 17.3 Å². The molecule has 5 rings (SSSR count). The molecule has 2 aliphatic rings. The van der Waals surface area contributed by atoms with Gasteiger partial charge in [-0.1, -0.05) is 31.4 Å². The third-order valence-corrected chi connectivity index (χ3v) is 7.91. The molecule has 1 aromatic carbocycles. The Kier molecular flexibility index (Phi) is 6.46. The molecule has 1 aliphatic carbocycles. The third kappa shape index (κ3) is 4.69. The summed E-state index contributed by atoms with van der Waals surface area (Å²) in [5.74, 6) is 0.823. The second kappa shape index (κ2) is 9.63. The van der Waals surface area contributed by atoms with Crippen molar-refractivity contribution in [3.63, 3.8) is 0 Å². The van der Waals surface area contributed by atoms with Crippen LogP contribution in [0.15, 0.2) is 36.5 Å². The predicted octanol–water partition coefficient (Wildman–Crippen LogP) is 5.96. The van der Waals surface area contributed by atoms with Crippen LogP contribution in [0.3, 0.4) is 0 Å². The molecule has 1 saturated carbocycles. The van der Waals surface area contributed by atoms with E-state index in [2.05, 4.69) is 22.2 Å². The van der Waals surface area contributed by atoms with Crippen LogP contribution in [0.2, 0.25) is 0 Å². The minimum absolute atomic E-state index is 0.247. The van der Waals surface area contributed by atoms with Crippen molar-refractivity contribution in [1.82, 2.24) is 19.9 Å². The van der Waals surface area contributed by atoms with Gasteiger partial charge in [-0.05, 0) is 64.0 Å². The summed E-state index contributed by atoms with van der Waals surface area (Å²) in [5, 5.41) is 4.61. The molecule has 0 atom stereocenters. The summed E-state index contributed by atoms with van der Waals surface area (Å²) in [6.07, 6.45) is 10.1. The first-order chi connectivity index (χ1) is 15.7. The molecule has 0 amide bonds. The van der Waals surface area contributed by atoms with E-state index >= 15 is 0 Å². The fraction of sp³-hybridized carbons (Fsp3) is 0.480. The van der Waals surface area contributed by atoms with Gasteiger partial charge in [-0.15, -0.1) is 11.3 Å². The Labute approximate surface area is 193 Å². The van der Waals surface area contributed by atoms with Crippen molar-refractivity contribution in [3.8, 4) is 21.8 Å². The van der Waals surface area contributed by atoms with Crippen molar-refractivity contribution in [1.29, 1.82) is 0 Å². The Morgan fingerprint density at radius 1 is 1.00 bits per heavy atom. The number of anilines is 1. The van der Waals surface area contributed by atoms with Gasteiger partial charge in [0.1, 0.15) is 5.82 Å². The zero-order valence-corrected chi connectivity index (χ0v) is 19.4. The number of hydrogen-bond donors (Lipinski definition) is 1. The smallest absolute Gasteiger partial charge is 0.223 e. The highest BCUT2D eigenvalue weighted by Crippen LogP contribution is 2.41. The van der Waals surface area contributed by atoms with Crippen LogP contribution in [0.5, 0.6) is 0 Å². The van der Waals surface area contributed by atoms with Crippen LogP contribution in [-0.4, -0.2) is 46.0 Å². The molecule has 0 unspecified atom stereocenters. The van der Waals surface area contributed by atoms with E-state index in [0.717, 1.165) is 54.4 Å². The summed E-state index contributed by atoms with van der Waals surface area (Å²) in [5.41, 5.74) is 2.05. The van der Waals surface area contributed by atoms with E-state index in [1.54, 1.807) is 23.6 Å². The lowest BCUT2D eigenvalue weighted by Gasteiger charge is -2.27. The highest BCUT2D eigenvalue weighted by molar-refractivity contribution is 7.15. The van der Waals surface area contributed by atoms with Crippen molar-refractivity contribution in [2.24, 2.45) is 0 Å². The van der Waals surface area contributed by atoms with Crippen molar-refractivity contribution in [2.45, 2.75) is 56.9 Å². The summed E-state index contributed by atoms with van der Waals surface area (Å²) in [4.78, 5) is 17.6. The maximum atomic E-state index is 14.8. The van der Waals surface area contributed by atoms with Crippen LogP contribution in [0.1, 0.15) is 55.9 Å². The fourth-order valence-corrected chi connectivity index (χ4v) is 5.98. The molecule has 1 aliphatic heterocycles. The molecule has 2 aromatic heterocycles. The van der Waals surface area contributed by atoms with E-state index in [1.165, 1.54) is 25.3 Å². The summed E-state index contributed by atoms with van der Waals surface area (Å²) < 4.78 is 14.8. The lowest BCUT2D eigenvalue weighted by Crippen LogP contribution is -2.29. The molecule has 168 valence electrons. The van der Waals surface area contributed by atoms with Crippen molar-refractivity contribution < 1.29 is 4.39 Å². The van der Waals surface area contributed by atoms with E-state index in [-0.39, 0.29) is 5.82 Å². The average Bonchev–Trinajstić information content (AvgIpc) is 3.26. The number of thiazole rings is 1. The predicted molar refractivity (Wildman–Crippen MR) is 129 cm³/mol. The highest BCUT2D eigenvalue weighted by Gasteiger charge is 2.26. The number of halogens is 1. The second-order valence-corrected chi connectivity index (χ2v) is 10.1. The van der Waals surface area contributed by atoms with E-state index in [1.807, 2.05) is 18.2 Å². The molecule has 0 radical (unpaired) electrons. The van der Waals surface area contributed by atoms with Gasteiger partial charge < -0.3 is 10.2 Å². The summed E-state index contributed by atoms with van der Waals surface area (Å²) in [6.45, 7) is 2.13. The zero-order chi connectivity index (χ0) is 21.9. The molecule has 1 N–H and O–H groups in total. The quantitative estimate of drug-likeness (QED) is 0.519. The van der Waals surface area contributed by atoms with Gasteiger partial charge in [-0.25, -0.2) is 19.3 Å². The van der Waals surface area contributed by atoms with Gasteiger partial charge in [0, 0.05) is 23.7 Å². The highest BCUT2D eigenvalue weighted by atomic mass is 32.1. The Morgan fingerprint density at radius 3 is 2.56 bits per heavy atom. The fourth-order valence-electron chi connectivity index (χ4n) is 4.76. The number of nitrogens with zero attached hydrogens (tertiary/aromatic N) is 4. The Balaban J connectivity index is 1.51. The Hall–Kier alpha value is -2.38. The molecule has 7 heteroatoms. The van der Waals surface area contributed by atoms with Crippen LogP contribution in [0.25, 0.3) is 21.8 Å². The van der Waals surface area contributed by atoms with Gasteiger partial charge in [0.15, 0.2) is 0 Å². The van der Waals surface area contributed by atoms with E-state index < -0.39 is 0 Å². The topological polar surface area (TPSA) is 53.9 Å². The van der Waals surface area contributed by atoms with E-state index in [4.69, 9.17) is 9.97 Å². The Morgan fingerprint density at radius 2 is 1.78 bits per heavy atom. The van der Waals surface area contributed by atoms with Gasteiger partial charge in [0.2, 0.25) is 5.95 Å². The van der Waals surface area contributed by atoms with Crippen LogP contribution < -0.4 is 5.32 Å². The first-order valence-corrected chi connectivity index (χ1v) is 12.5. The number of aromatic nitrogens is 3. The number of nitrogens with one attached hydrogen (secondary N) is 1. The molecule has 3 heterocycles. The van der Waals surface area contributed by atoms with Crippen molar-refractivity contribution in [2.75, 3.05) is 25.5 Å². The minimum Gasteiger partial charge on any atom is -0.351 e. The van der Waals surface area contributed by atoms with Crippen LogP contribution in [-0.2, 0) is 0 Å². The Bertz CT molecular complexity index is 1050. The van der Waals surface area contributed by atoms with Gasteiger partial charge in [-0.3, -0.25) is 0 Å². The average molecular weight is 452 g/mol. The molecule has 3 aromatic rings. The van der Waals surface area contributed by atoms with Crippen LogP contribution in [0.4, 0.5) is 10.3 Å². The third-order valence-electron chi connectivity index (χ3n) is 6.67. The molecular formula is C25H30FN5S. The summed E-state index contributed by atoms with van der Waals surface area (Å²) in [7, 11) is 2.16. The number of rotatable bonds is 5. The molecule has 32 heavy (non-hydrogen) atoms. The van der Waals surface area contributed by atoms with Gasteiger partial charge in [0.25, 0.3) is 0 Å². The van der Waals surface area contributed by atoms with Crippen LogP contribution in [0, 0.1) is 5.82 Å². The molecular weight excluding hydrogens is 421 g/mol. The summed E-state index contributed by atoms with van der Waals surface area (Å²) >= 11 is 1.66. The number of benzene rings is 1. The number of hydrogen-bond acceptors (Lipinski definition) is 6. The number of likely N-dealkylation sites (tertiary alicyclic amines) is 1. The maximum Gasteiger partial charge on any atom is 0.223 e. The number of piperidine rings is 1. The zero-order valence-electron chi connectivity index (χ0n) is 18.6. The normalized spacial score (nSPS) is 18.7. The monoisotopic (exact) mass is 451 g/mol. The van der Waals surface area contributed by atoms with Gasteiger partial charge in [0.05, 0.1) is 21.3 Å². The first kappa shape index (κ1) is 21.5. The van der Waals surface area contributed by atoms with E-state index in [9.17, 15) is 4.39 Å². The standard InChI is InChI=1S/C25H30FN5S/c1-31-15-12-17(13-16-31)24-30-22(19-9-5-6-10-20(19)26)23(32-24)21-11-14-27-25(29-21)28-18-7-3-2-4-8-18/h5-6,9-11,14,17-18H,2-4,7-8,12-13,15-16H2,1H3,(H,27,28,29). The minimum atomic E-state index is -0.247. The molecule has 0 spiro atoms. The lowest BCUT2D eigenvalue weighted by molar-refractivity contribution is 0.255. The summed E-state index contributed by atoms with van der Waals surface area (Å²) in [6, 6.07) is 9.26. The SMILES string of the molecule is CN1CCC(c2nc(-c3ccccc3F)c(-c3ccnc(NC4CCCCC4)n3)s2)CC1. The van der Waals surface area contributed by atoms with Crippen LogP contribution >= 0.6 is 11.3 Å². The molecule has 2 fully saturated rings. The maximum absolute atomic E-state index is 14.8. The van der Waals surface area contributed by atoms with Gasteiger partial charge in [-0.2, -0.15) is 0 Å². The second-order valence-electron chi connectivity index (χ2n) is 9.03. The first-order valence-electron chi connectivity index (χ1n) is 11.7.